The summed E-state index contributed by atoms with van der Waals surface area (Å²) in [5.74, 6) is 0.515. The Morgan fingerprint density at radius 3 is 2.48 bits per heavy atom. The summed E-state index contributed by atoms with van der Waals surface area (Å²) in [5.41, 5.74) is 1.72. The minimum atomic E-state index is -0.0954. The van der Waals surface area contributed by atoms with Gasteiger partial charge in [0, 0.05) is 26.1 Å². The number of hydrogen-bond donors (Lipinski definition) is 0. The summed E-state index contributed by atoms with van der Waals surface area (Å²) >= 11 is 6.29. The molecule has 5 nitrogen and oxygen atoms in total. The number of hydrogen-bond acceptors (Lipinski definition) is 3. The third-order valence-electron chi connectivity index (χ3n) is 5.69. The summed E-state index contributed by atoms with van der Waals surface area (Å²) in [4.78, 5) is 31.6. The van der Waals surface area contributed by atoms with Crippen LogP contribution >= 0.6 is 11.6 Å². The van der Waals surface area contributed by atoms with Crippen molar-refractivity contribution in [3.8, 4) is 0 Å². The molecule has 0 unspecified atom stereocenters. The van der Waals surface area contributed by atoms with Crippen LogP contribution in [-0.4, -0.2) is 33.4 Å². The number of aromatic nitrogens is 2. The largest absolute Gasteiger partial charge is 0.343 e. The summed E-state index contributed by atoms with van der Waals surface area (Å²) < 4.78 is 1.57. The number of benzene rings is 2. The maximum Gasteiger partial charge on any atom is 0.262 e. The maximum atomic E-state index is 12.8. The van der Waals surface area contributed by atoms with Gasteiger partial charge in [0.15, 0.2) is 0 Å². The average molecular weight is 410 g/mol. The summed E-state index contributed by atoms with van der Waals surface area (Å²) in [6.07, 6.45) is 3.04. The topological polar surface area (TPSA) is 55.2 Å². The summed E-state index contributed by atoms with van der Waals surface area (Å²) in [6.45, 7) is 2.00. The standard InChI is InChI=1S/C23H24ClN3O2/c24-23-25-20-9-5-4-8-19(20)22(29)27(23)16-18-12-14-26(15-13-18)21(28)11-10-17-6-2-1-3-7-17/h1-9,18H,10-16H2. The Labute approximate surface area is 174 Å². The van der Waals surface area contributed by atoms with Crippen LogP contribution in [0.3, 0.4) is 0 Å². The molecule has 1 aromatic heterocycles. The maximum absolute atomic E-state index is 12.8. The van der Waals surface area contributed by atoms with Crippen LogP contribution in [0.25, 0.3) is 10.9 Å². The number of aryl methyl sites for hydroxylation is 1. The smallest absolute Gasteiger partial charge is 0.262 e. The normalized spacial score (nSPS) is 15.0. The number of piperidine rings is 1. The van der Waals surface area contributed by atoms with Gasteiger partial charge in [-0.15, -0.1) is 0 Å². The van der Waals surface area contributed by atoms with E-state index in [1.165, 1.54) is 5.56 Å². The van der Waals surface area contributed by atoms with E-state index in [-0.39, 0.29) is 16.8 Å². The lowest BCUT2D eigenvalue weighted by Crippen LogP contribution is -2.40. The minimum Gasteiger partial charge on any atom is -0.343 e. The Balaban J connectivity index is 1.35. The molecular weight excluding hydrogens is 386 g/mol. The zero-order chi connectivity index (χ0) is 20.2. The molecule has 6 heteroatoms. The quantitative estimate of drug-likeness (QED) is 0.600. The van der Waals surface area contributed by atoms with Gasteiger partial charge in [0.1, 0.15) is 0 Å². The lowest BCUT2D eigenvalue weighted by Gasteiger charge is -2.32. The number of halogens is 1. The molecule has 0 saturated carbocycles. The molecule has 150 valence electrons. The van der Waals surface area contributed by atoms with Gasteiger partial charge >= 0.3 is 0 Å². The van der Waals surface area contributed by atoms with Crippen LogP contribution in [0.2, 0.25) is 5.28 Å². The monoisotopic (exact) mass is 409 g/mol. The van der Waals surface area contributed by atoms with Crippen LogP contribution in [0.4, 0.5) is 0 Å². The Hall–Kier alpha value is -2.66. The Morgan fingerprint density at radius 2 is 1.72 bits per heavy atom. The van der Waals surface area contributed by atoms with E-state index in [4.69, 9.17) is 11.6 Å². The van der Waals surface area contributed by atoms with Crippen LogP contribution in [0.15, 0.2) is 59.4 Å². The molecule has 0 atom stereocenters. The highest BCUT2D eigenvalue weighted by Crippen LogP contribution is 2.21. The Morgan fingerprint density at radius 1 is 1.03 bits per heavy atom. The fraction of sp³-hybridized carbons (Fsp3) is 0.348. The number of nitrogens with zero attached hydrogens (tertiary/aromatic N) is 3. The summed E-state index contributed by atoms with van der Waals surface area (Å²) in [7, 11) is 0. The molecule has 0 spiro atoms. The predicted molar refractivity (Wildman–Crippen MR) is 115 cm³/mol. The van der Waals surface area contributed by atoms with E-state index in [1.54, 1.807) is 16.7 Å². The van der Waals surface area contributed by atoms with Crippen LogP contribution in [-0.2, 0) is 17.8 Å². The second-order valence-electron chi connectivity index (χ2n) is 7.62. The van der Waals surface area contributed by atoms with Crippen LogP contribution in [0.5, 0.6) is 0 Å². The molecule has 29 heavy (non-hydrogen) atoms. The van der Waals surface area contributed by atoms with Crippen molar-refractivity contribution in [1.29, 1.82) is 0 Å². The minimum absolute atomic E-state index is 0.0954. The first-order valence-corrected chi connectivity index (χ1v) is 10.5. The SMILES string of the molecule is O=C(CCc1ccccc1)N1CCC(Cn2c(Cl)nc3ccccc3c2=O)CC1. The molecule has 1 amide bonds. The first-order chi connectivity index (χ1) is 14.1. The zero-order valence-electron chi connectivity index (χ0n) is 16.3. The molecule has 2 heterocycles. The van der Waals surface area contributed by atoms with Gasteiger partial charge in [-0.2, -0.15) is 0 Å². The van der Waals surface area contributed by atoms with Gasteiger partial charge in [0.05, 0.1) is 10.9 Å². The highest BCUT2D eigenvalue weighted by Gasteiger charge is 2.24. The third kappa shape index (κ3) is 4.51. The van der Waals surface area contributed by atoms with Crippen molar-refractivity contribution in [2.45, 2.75) is 32.2 Å². The number of carbonyl (C=O) groups excluding carboxylic acids is 1. The van der Waals surface area contributed by atoms with Gasteiger partial charge in [-0.25, -0.2) is 4.98 Å². The molecule has 0 bridgehead atoms. The number of likely N-dealkylation sites (tertiary alicyclic amines) is 1. The van der Waals surface area contributed by atoms with Gasteiger partial charge < -0.3 is 4.90 Å². The number of amides is 1. The van der Waals surface area contributed by atoms with Crippen molar-refractivity contribution in [2.75, 3.05) is 13.1 Å². The molecule has 0 radical (unpaired) electrons. The second kappa shape index (κ2) is 8.78. The lowest BCUT2D eigenvalue weighted by atomic mass is 9.96. The fourth-order valence-electron chi connectivity index (χ4n) is 3.98. The summed E-state index contributed by atoms with van der Waals surface area (Å²) in [6, 6.07) is 17.4. The highest BCUT2D eigenvalue weighted by atomic mass is 35.5. The number of fused-ring (bicyclic) bond motifs is 1. The first-order valence-electron chi connectivity index (χ1n) is 10.1. The van der Waals surface area contributed by atoms with Crippen molar-refractivity contribution in [3.63, 3.8) is 0 Å². The molecule has 0 N–H and O–H groups in total. The number of rotatable bonds is 5. The average Bonchev–Trinajstić information content (AvgIpc) is 2.76. The van der Waals surface area contributed by atoms with Gasteiger partial charge in [-0.3, -0.25) is 14.2 Å². The van der Waals surface area contributed by atoms with E-state index < -0.39 is 0 Å². The molecule has 2 aromatic carbocycles. The van der Waals surface area contributed by atoms with Crippen molar-refractivity contribution in [3.05, 3.63) is 75.8 Å². The third-order valence-corrected chi connectivity index (χ3v) is 5.98. The van der Waals surface area contributed by atoms with E-state index >= 15 is 0 Å². The van der Waals surface area contributed by atoms with Crippen molar-refractivity contribution < 1.29 is 4.79 Å². The Kier molecular flexibility index (Phi) is 5.95. The molecular formula is C23H24ClN3O2. The van der Waals surface area contributed by atoms with E-state index in [2.05, 4.69) is 17.1 Å². The van der Waals surface area contributed by atoms with Gasteiger partial charge in [-0.1, -0.05) is 42.5 Å². The molecule has 1 fully saturated rings. The van der Waals surface area contributed by atoms with Gasteiger partial charge in [0.2, 0.25) is 11.2 Å². The number of para-hydroxylation sites is 1. The van der Waals surface area contributed by atoms with Crippen molar-refractivity contribution in [2.24, 2.45) is 5.92 Å². The van der Waals surface area contributed by atoms with E-state index in [9.17, 15) is 9.59 Å². The van der Waals surface area contributed by atoms with Gasteiger partial charge in [0.25, 0.3) is 5.56 Å². The Bertz CT molecular complexity index is 1060. The fourth-order valence-corrected chi connectivity index (χ4v) is 4.21. The van der Waals surface area contributed by atoms with Crippen molar-refractivity contribution in [1.82, 2.24) is 14.5 Å². The van der Waals surface area contributed by atoms with Crippen LogP contribution in [0.1, 0.15) is 24.8 Å². The molecule has 3 aromatic rings. The predicted octanol–water partition coefficient (Wildman–Crippen LogP) is 3.92. The molecule has 1 aliphatic heterocycles. The molecule has 1 saturated heterocycles. The highest BCUT2D eigenvalue weighted by molar-refractivity contribution is 6.28. The van der Waals surface area contributed by atoms with E-state index in [0.717, 1.165) is 32.4 Å². The van der Waals surface area contributed by atoms with Gasteiger partial charge in [-0.05, 0) is 54.5 Å². The number of carbonyl (C=O) groups is 1. The molecule has 4 rings (SSSR count). The second-order valence-corrected chi connectivity index (χ2v) is 7.96. The van der Waals surface area contributed by atoms with Crippen LogP contribution in [0, 0.1) is 5.92 Å². The van der Waals surface area contributed by atoms with E-state index in [1.807, 2.05) is 35.2 Å². The first kappa shape index (κ1) is 19.6. The molecule has 1 aliphatic rings. The van der Waals surface area contributed by atoms with Crippen LogP contribution < -0.4 is 5.56 Å². The molecule has 0 aliphatic carbocycles. The van der Waals surface area contributed by atoms with E-state index in [0.29, 0.717) is 29.8 Å². The summed E-state index contributed by atoms with van der Waals surface area (Å²) in [5, 5.41) is 0.820. The lowest BCUT2D eigenvalue weighted by molar-refractivity contribution is -0.132. The van der Waals surface area contributed by atoms with Crippen molar-refractivity contribution >= 4 is 28.4 Å². The zero-order valence-corrected chi connectivity index (χ0v) is 17.0.